The number of rotatable bonds is 7. The Bertz CT molecular complexity index is 1460. The maximum atomic E-state index is 13.7. The highest BCUT2D eigenvalue weighted by molar-refractivity contribution is 7.07. The Balaban J connectivity index is 1.95. The van der Waals surface area contributed by atoms with Crippen LogP contribution < -0.4 is 24.5 Å². The van der Waals surface area contributed by atoms with Crippen molar-refractivity contribution in [1.29, 1.82) is 0 Å². The van der Waals surface area contributed by atoms with Crippen LogP contribution in [0.25, 0.3) is 6.08 Å². The number of fused-ring (bicyclic) bond motifs is 1. The van der Waals surface area contributed by atoms with E-state index in [4.69, 9.17) is 13.9 Å². The van der Waals surface area contributed by atoms with Crippen LogP contribution in [-0.2, 0) is 9.53 Å². The molecule has 8 nitrogen and oxygen atoms in total. The monoisotopic (exact) mass is 495 g/mol. The summed E-state index contributed by atoms with van der Waals surface area (Å²) in [5.41, 5.74) is 1.25. The highest BCUT2D eigenvalue weighted by Crippen LogP contribution is 2.36. The van der Waals surface area contributed by atoms with Crippen LogP contribution in [0.2, 0.25) is 0 Å². The Morgan fingerprint density at radius 1 is 1.26 bits per heavy atom. The number of furan rings is 1. The van der Waals surface area contributed by atoms with E-state index >= 15 is 0 Å². The molecule has 2 aromatic heterocycles. The lowest BCUT2D eigenvalue weighted by molar-refractivity contribution is -0.139. The molecule has 4 rings (SSSR count). The second-order valence-corrected chi connectivity index (χ2v) is 9.59. The van der Waals surface area contributed by atoms with Crippen molar-refractivity contribution in [2.24, 2.45) is 4.99 Å². The van der Waals surface area contributed by atoms with E-state index in [2.05, 4.69) is 4.99 Å². The molecule has 1 aromatic carbocycles. The highest BCUT2D eigenvalue weighted by Gasteiger charge is 2.35. The summed E-state index contributed by atoms with van der Waals surface area (Å²) in [6, 6.07) is 10.4. The lowest BCUT2D eigenvalue weighted by Crippen LogP contribution is -2.40. The first-order chi connectivity index (χ1) is 16.7. The smallest absolute Gasteiger partial charge is 0.338 e. The number of carbonyl (C=O) groups excluding carboxylic acids is 1. The number of carbonyl (C=O) groups is 1. The van der Waals surface area contributed by atoms with Gasteiger partial charge in [0.15, 0.2) is 10.7 Å². The van der Waals surface area contributed by atoms with E-state index < -0.39 is 12.0 Å². The minimum absolute atomic E-state index is 0.0899. The number of para-hydroxylation sites is 1. The molecular formula is C26H29N3O5S. The van der Waals surface area contributed by atoms with Gasteiger partial charge >= 0.3 is 5.97 Å². The van der Waals surface area contributed by atoms with E-state index in [0.29, 0.717) is 43.6 Å². The van der Waals surface area contributed by atoms with Crippen LogP contribution in [0.4, 0.5) is 5.88 Å². The molecule has 0 aliphatic carbocycles. The summed E-state index contributed by atoms with van der Waals surface area (Å²) >= 11 is 1.25. The van der Waals surface area contributed by atoms with Crippen LogP contribution in [0, 0.1) is 0 Å². The third kappa shape index (κ3) is 4.81. The molecule has 0 saturated carbocycles. The minimum atomic E-state index is -0.740. The molecule has 0 unspecified atom stereocenters. The van der Waals surface area contributed by atoms with Crippen LogP contribution in [0.5, 0.6) is 5.75 Å². The lowest BCUT2D eigenvalue weighted by atomic mass is 9.95. The van der Waals surface area contributed by atoms with E-state index in [1.165, 1.54) is 11.3 Å². The molecular weight excluding hydrogens is 466 g/mol. The number of thiazole rings is 1. The van der Waals surface area contributed by atoms with Crippen LogP contribution in [0.3, 0.4) is 0 Å². The van der Waals surface area contributed by atoms with Crippen molar-refractivity contribution in [1.82, 2.24) is 4.57 Å². The van der Waals surface area contributed by atoms with E-state index in [-0.39, 0.29) is 18.3 Å². The Hall–Kier alpha value is -3.59. The van der Waals surface area contributed by atoms with Gasteiger partial charge in [-0.25, -0.2) is 9.79 Å². The Kier molecular flexibility index (Phi) is 6.98. The van der Waals surface area contributed by atoms with Gasteiger partial charge in [-0.05, 0) is 39.8 Å². The summed E-state index contributed by atoms with van der Waals surface area (Å²) in [6.07, 6.45) is 1.61. The fourth-order valence-corrected chi connectivity index (χ4v) is 4.97. The molecule has 1 atom stereocenters. The fraction of sp³-hybridized carbons (Fsp3) is 0.346. The van der Waals surface area contributed by atoms with Gasteiger partial charge in [0.1, 0.15) is 17.6 Å². The van der Waals surface area contributed by atoms with Crippen molar-refractivity contribution in [3.05, 3.63) is 78.7 Å². The largest absolute Gasteiger partial charge is 0.491 e. The first kappa shape index (κ1) is 24.5. The number of ether oxygens (including phenoxy) is 2. The van der Waals surface area contributed by atoms with Gasteiger partial charge in [0.05, 0.1) is 28.5 Å². The van der Waals surface area contributed by atoms with Crippen LogP contribution in [0.1, 0.15) is 45.1 Å². The van der Waals surface area contributed by atoms with Crippen molar-refractivity contribution >= 4 is 29.3 Å². The second-order valence-electron chi connectivity index (χ2n) is 8.58. The molecule has 0 amide bonds. The molecule has 3 heterocycles. The van der Waals surface area contributed by atoms with Crippen LogP contribution in [0.15, 0.2) is 61.9 Å². The summed E-state index contributed by atoms with van der Waals surface area (Å²) in [4.78, 5) is 33.8. The number of hydrogen-bond donors (Lipinski definition) is 0. The predicted octanol–water partition coefficient (Wildman–Crippen LogP) is 3.24. The summed E-state index contributed by atoms with van der Waals surface area (Å²) in [6.45, 7) is 7.59. The topological polar surface area (TPSA) is 86.3 Å². The number of anilines is 1. The Morgan fingerprint density at radius 3 is 2.66 bits per heavy atom. The third-order valence-electron chi connectivity index (χ3n) is 5.42. The number of nitrogens with zero attached hydrogens (tertiary/aromatic N) is 3. The maximum Gasteiger partial charge on any atom is 0.338 e. The zero-order valence-electron chi connectivity index (χ0n) is 20.7. The molecule has 0 radical (unpaired) electrons. The minimum Gasteiger partial charge on any atom is -0.491 e. The summed E-state index contributed by atoms with van der Waals surface area (Å²) < 4.78 is 19.2. The first-order valence-electron chi connectivity index (χ1n) is 11.4. The lowest BCUT2D eigenvalue weighted by Gasteiger charge is -2.26. The number of hydrogen-bond acceptors (Lipinski definition) is 8. The van der Waals surface area contributed by atoms with Gasteiger partial charge in [-0.3, -0.25) is 9.36 Å². The summed E-state index contributed by atoms with van der Waals surface area (Å²) in [5, 5.41) is 0. The Morgan fingerprint density at radius 2 is 2.00 bits per heavy atom. The third-order valence-corrected chi connectivity index (χ3v) is 6.40. The average Bonchev–Trinajstić information content (AvgIpc) is 3.38. The van der Waals surface area contributed by atoms with Gasteiger partial charge < -0.3 is 18.8 Å². The van der Waals surface area contributed by atoms with Crippen LogP contribution >= 0.6 is 11.3 Å². The standard InChI is InChI=1S/C26H29N3O5S/c1-7-32-25(31)22-16(4)27-26-29(23(22)18-10-8-9-11-19(18)33-15(2)3)24(30)20(35-26)14-17-12-13-21(34-17)28(5)6/h8-15,23H,7H2,1-6H3/b20-14-/t23-/m1/s1. The van der Waals surface area contributed by atoms with Gasteiger partial charge in [-0.2, -0.15) is 0 Å². The molecule has 1 aliphatic heterocycles. The molecule has 0 spiro atoms. The van der Waals surface area contributed by atoms with Crippen molar-refractivity contribution in [2.45, 2.75) is 39.8 Å². The van der Waals surface area contributed by atoms with Crippen molar-refractivity contribution < 1.29 is 18.7 Å². The van der Waals surface area contributed by atoms with Gasteiger partial charge in [-0.15, -0.1) is 0 Å². The van der Waals surface area contributed by atoms with Gasteiger partial charge in [0, 0.05) is 31.8 Å². The van der Waals surface area contributed by atoms with Crippen molar-refractivity contribution in [3.63, 3.8) is 0 Å². The van der Waals surface area contributed by atoms with Crippen LogP contribution in [-0.4, -0.2) is 37.3 Å². The SMILES string of the molecule is CCOC(=O)C1=C(C)N=c2s/c(=C\c3ccc(N(C)C)o3)c(=O)n2[C@@H]1c1ccccc1OC(C)C. The van der Waals surface area contributed by atoms with E-state index in [1.54, 1.807) is 24.5 Å². The molecule has 0 N–H and O–H groups in total. The maximum absolute atomic E-state index is 13.7. The molecule has 3 aromatic rings. The number of esters is 1. The van der Waals surface area contributed by atoms with Crippen molar-refractivity contribution in [2.75, 3.05) is 25.6 Å². The molecule has 35 heavy (non-hydrogen) atoms. The zero-order chi connectivity index (χ0) is 25.3. The highest BCUT2D eigenvalue weighted by atomic mass is 32.1. The molecule has 9 heteroatoms. The molecule has 0 fully saturated rings. The van der Waals surface area contributed by atoms with Crippen molar-refractivity contribution in [3.8, 4) is 5.75 Å². The van der Waals surface area contributed by atoms with Gasteiger partial charge in [0.2, 0.25) is 0 Å². The predicted molar refractivity (Wildman–Crippen MR) is 136 cm³/mol. The number of aromatic nitrogens is 1. The fourth-order valence-electron chi connectivity index (χ4n) is 3.94. The summed E-state index contributed by atoms with van der Waals surface area (Å²) in [7, 11) is 3.76. The Labute approximate surface area is 207 Å². The molecule has 0 bridgehead atoms. The average molecular weight is 496 g/mol. The molecule has 184 valence electrons. The van der Waals surface area contributed by atoms with E-state index in [1.807, 2.05) is 69.2 Å². The van der Waals surface area contributed by atoms with Gasteiger partial charge in [0.25, 0.3) is 5.56 Å². The number of allylic oxidation sites excluding steroid dienone is 1. The normalized spacial score (nSPS) is 15.7. The second kappa shape index (κ2) is 9.95. The molecule has 0 saturated heterocycles. The molecule has 1 aliphatic rings. The van der Waals surface area contributed by atoms with Gasteiger partial charge in [-0.1, -0.05) is 29.5 Å². The quantitative estimate of drug-likeness (QED) is 0.468. The summed E-state index contributed by atoms with van der Waals surface area (Å²) in [5.74, 6) is 1.33. The van der Waals surface area contributed by atoms with E-state index in [9.17, 15) is 9.59 Å². The zero-order valence-corrected chi connectivity index (χ0v) is 21.5. The van der Waals surface area contributed by atoms with E-state index in [0.717, 1.165) is 0 Å². The first-order valence-corrected chi connectivity index (χ1v) is 12.2. The number of benzene rings is 1.